The molecule has 0 aliphatic heterocycles. The summed E-state index contributed by atoms with van der Waals surface area (Å²) in [4.78, 5) is 0. The summed E-state index contributed by atoms with van der Waals surface area (Å²) in [6.45, 7) is 4.77. The minimum absolute atomic E-state index is 0.499. The monoisotopic (exact) mass is 210 g/mol. The first-order chi connectivity index (χ1) is 7.15. The summed E-state index contributed by atoms with van der Waals surface area (Å²) in [5.74, 6) is 0.729. The third kappa shape index (κ3) is 3.53. The molecule has 1 aromatic carbocycles. The van der Waals surface area contributed by atoms with Crippen molar-refractivity contribution in [2.45, 2.75) is 20.0 Å². The quantitative estimate of drug-likeness (QED) is 0.756. The van der Waals surface area contributed by atoms with E-state index in [0.29, 0.717) is 13.2 Å². The van der Waals surface area contributed by atoms with E-state index >= 15 is 0 Å². The molecule has 1 rings (SSSR count). The number of ether oxygens (including phenoxy) is 2. The highest BCUT2D eigenvalue weighted by Gasteiger charge is 2.08. The van der Waals surface area contributed by atoms with Crippen LogP contribution in [0.2, 0.25) is 0 Å². The summed E-state index contributed by atoms with van der Waals surface area (Å²) >= 11 is 0. The van der Waals surface area contributed by atoms with E-state index < -0.39 is 6.10 Å². The van der Waals surface area contributed by atoms with E-state index in [0.717, 1.165) is 16.9 Å². The van der Waals surface area contributed by atoms with E-state index in [4.69, 9.17) is 9.47 Å². The van der Waals surface area contributed by atoms with Gasteiger partial charge in [0.1, 0.15) is 12.4 Å². The van der Waals surface area contributed by atoms with Crippen LogP contribution in [0.25, 0.3) is 0 Å². The summed E-state index contributed by atoms with van der Waals surface area (Å²) in [6.07, 6.45) is -0.512. The first-order valence-corrected chi connectivity index (χ1v) is 5.05. The lowest BCUT2D eigenvalue weighted by Gasteiger charge is -2.13. The van der Waals surface area contributed by atoms with Crippen LogP contribution in [0.5, 0.6) is 5.75 Å². The van der Waals surface area contributed by atoms with Crippen LogP contribution >= 0.6 is 0 Å². The van der Waals surface area contributed by atoms with Crippen LogP contribution in [0.1, 0.15) is 24.2 Å². The Morgan fingerprint density at radius 2 is 2.07 bits per heavy atom. The summed E-state index contributed by atoms with van der Waals surface area (Å²) in [5, 5.41) is 9.57. The lowest BCUT2D eigenvalue weighted by Crippen LogP contribution is -2.07. The zero-order valence-corrected chi connectivity index (χ0v) is 9.49. The number of aliphatic hydroxyl groups excluding tert-OH is 1. The Morgan fingerprint density at radius 1 is 1.33 bits per heavy atom. The fourth-order valence-electron chi connectivity index (χ4n) is 1.36. The molecule has 0 aromatic heterocycles. The van der Waals surface area contributed by atoms with Crippen molar-refractivity contribution in [3.63, 3.8) is 0 Å². The van der Waals surface area contributed by atoms with Gasteiger partial charge in [0.25, 0.3) is 0 Å². The summed E-state index contributed by atoms with van der Waals surface area (Å²) in [6, 6.07) is 5.79. The molecule has 0 fully saturated rings. The van der Waals surface area contributed by atoms with Crippen molar-refractivity contribution < 1.29 is 14.6 Å². The van der Waals surface area contributed by atoms with Crippen LogP contribution in [-0.4, -0.2) is 25.4 Å². The van der Waals surface area contributed by atoms with Crippen molar-refractivity contribution in [3.05, 3.63) is 29.3 Å². The molecular formula is C12H18O3. The second-order valence-corrected chi connectivity index (χ2v) is 3.56. The molecule has 0 saturated heterocycles. The molecule has 1 atom stereocenters. The van der Waals surface area contributed by atoms with Crippen molar-refractivity contribution in [1.82, 2.24) is 0 Å². The minimum atomic E-state index is -0.512. The Hall–Kier alpha value is -1.06. The molecule has 0 heterocycles. The van der Waals surface area contributed by atoms with Gasteiger partial charge in [0.15, 0.2) is 0 Å². The van der Waals surface area contributed by atoms with E-state index in [1.165, 1.54) is 0 Å². The van der Waals surface area contributed by atoms with Gasteiger partial charge in [-0.15, -0.1) is 0 Å². The van der Waals surface area contributed by atoms with Gasteiger partial charge < -0.3 is 14.6 Å². The Bertz CT molecular complexity index is 308. The lowest BCUT2D eigenvalue weighted by atomic mass is 10.1. The van der Waals surface area contributed by atoms with Crippen molar-refractivity contribution in [2.24, 2.45) is 0 Å². The van der Waals surface area contributed by atoms with Crippen LogP contribution in [0.4, 0.5) is 0 Å². The van der Waals surface area contributed by atoms with Crippen LogP contribution in [0.15, 0.2) is 18.2 Å². The summed E-state index contributed by atoms with van der Waals surface area (Å²) in [5.41, 5.74) is 1.94. The fraction of sp³-hybridized carbons (Fsp3) is 0.500. The first kappa shape index (κ1) is 12.0. The molecule has 0 bridgehead atoms. The van der Waals surface area contributed by atoms with Crippen LogP contribution in [-0.2, 0) is 4.74 Å². The van der Waals surface area contributed by atoms with E-state index in [9.17, 15) is 5.11 Å². The third-order valence-electron chi connectivity index (χ3n) is 2.16. The van der Waals surface area contributed by atoms with E-state index in [2.05, 4.69) is 0 Å². The third-order valence-corrected chi connectivity index (χ3v) is 2.16. The molecule has 0 saturated carbocycles. The average molecular weight is 210 g/mol. The largest absolute Gasteiger partial charge is 0.491 e. The van der Waals surface area contributed by atoms with Gasteiger partial charge in [-0.25, -0.2) is 0 Å². The molecule has 0 aliphatic carbocycles. The highest BCUT2D eigenvalue weighted by Crippen LogP contribution is 2.26. The first-order valence-electron chi connectivity index (χ1n) is 5.05. The number of hydrogen-bond donors (Lipinski definition) is 1. The fourth-order valence-corrected chi connectivity index (χ4v) is 1.36. The summed E-state index contributed by atoms with van der Waals surface area (Å²) in [7, 11) is 1.63. The Labute approximate surface area is 90.6 Å². The van der Waals surface area contributed by atoms with Crippen LogP contribution < -0.4 is 4.74 Å². The van der Waals surface area contributed by atoms with Crippen molar-refractivity contribution in [2.75, 3.05) is 20.3 Å². The molecular weight excluding hydrogens is 192 g/mol. The van der Waals surface area contributed by atoms with Crippen LogP contribution in [0, 0.1) is 6.92 Å². The second-order valence-electron chi connectivity index (χ2n) is 3.56. The smallest absolute Gasteiger partial charge is 0.125 e. The lowest BCUT2D eigenvalue weighted by molar-refractivity contribution is 0.141. The van der Waals surface area contributed by atoms with E-state index in [1.807, 2.05) is 25.1 Å². The molecule has 1 aromatic rings. The Kier molecular flexibility index (Phi) is 4.59. The molecule has 3 nitrogen and oxygen atoms in total. The van der Waals surface area contributed by atoms with Gasteiger partial charge in [-0.1, -0.05) is 11.6 Å². The van der Waals surface area contributed by atoms with Gasteiger partial charge in [-0.3, -0.25) is 0 Å². The van der Waals surface area contributed by atoms with Gasteiger partial charge in [-0.05, 0) is 26.0 Å². The highest BCUT2D eigenvalue weighted by molar-refractivity contribution is 5.38. The molecule has 15 heavy (non-hydrogen) atoms. The SMILES string of the molecule is COCCOc1ccc(C)cc1C(C)O. The standard InChI is InChI=1S/C12H18O3/c1-9-4-5-12(15-7-6-14-3)11(8-9)10(2)13/h4-5,8,10,13H,6-7H2,1-3H3. The van der Waals surface area contributed by atoms with Crippen molar-refractivity contribution in [3.8, 4) is 5.75 Å². The molecule has 0 aliphatic rings. The van der Waals surface area contributed by atoms with E-state index in [1.54, 1.807) is 14.0 Å². The number of aliphatic hydroxyl groups is 1. The van der Waals surface area contributed by atoms with Gasteiger partial charge >= 0.3 is 0 Å². The zero-order valence-electron chi connectivity index (χ0n) is 9.49. The molecule has 3 heteroatoms. The average Bonchev–Trinajstić information content (AvgIpc) is 2.20. The zero-order chi connectivity index (χ0) is 11.3. The Balaban J connectivity index is 2.77. The van der Waals surface area contributed by atoms with Gasteiger partial charge in [0, 0.05) is 12.7 Å². The van der Waals surface area contributed by atoms with Gasteiger partial charge in [-0.2, -0.15) is 0 Å². The van der Waals surface area contributed by atoms with Crippen LogP contribution in [0.3, 0.4) is 0 Å². The molecule has 84 valence electrons. The van der Waals surface area contributed by atoms with E-state index in [-0.39, 0.29) is 0 Å². The predicted octanol–water partition coefficient (Wildman–Crippen LogP) is 2.07. The number of hydrogen-bond acceptors (Lipinski definition) is 3. The number of rotatable bonds is 5. The maximum absolute atomic E-state index is 9.57. The molecule has 0 spiro atoms. The van der Waals surface area contributed by atoms with Gasteiger partial charge in [0.05, 0.1) is 12.7 Å². The van der Waals surface area contributed by atoms with Crippen molar-refractivity contribution in [1.29, 1.82) is 0 Å². The Morgan fingerprint density at radius 3 is 2.67 bits per heavy atom. The molecule has 1 unspecified atom stereocenters. The number of benzene rings is 1. The minimum Gasteiger partial charge on any atom is -0.491 e. The highest BCUT2D eigenvalue weighted by atomic mass is 16.5. The van der Waals surface area contributed by atoms with Gasteiger partial charge in [0.2, 0.25) is 0 Å². The molecule has 1 N–H and O–H groups in total. The topological polar surface area (TPSA) is 38.7 Å². The number of aryl methyl sites for hydroxylation is 1. The predicted molar refractivity (Wildman–Crippen MR) is 59.2 cm³/mol. The second kappa shape index (κ2) is 5.73. The van der Waals surface area contributed by atoms with Crippen molar-refractivity contribution >= 4 is 0 Å². The summed E-state index contributed by atoms with van der Waals surface area (Å²) < 4.78 is 10.4. The number of methoxy groups -OCH3 is 1. The molecule has 0 radical (unpaired) electrons. The molecule has 0 amide bonds. The maximum Gasteiger partial charge on any atom is 0.125 e. The maximum atomic E-state index is 9.57. The normalized spacial score (nSPS) is 12.5.